The van der Waals surface area contributed by atoms with Gasteiger partial charge in [-0.05, 0) is 80.0 Å². The number of rotatable bonds is 2. The number of aliphatic hydroxyl groups is 2. The molecule has 0 aromatic carbocycles. The number of hydrogen-bond donors (Lipinski definition) is 3. The molecule has 0 amide bonds. The first-order valence-electron chi connectivity index (χ1n) is 10.0. The molecule has 0 aliphatic heterocycles. The SMILES string of the molecule is C[C@]12CC[C@@H](O)CC1=CC[C@@H]1[C@@H]2CC[C@@]2(C)[C@H]1CC[C@@]2(O)CC(=O)O. The van der Waals surface area contributed by atoms with Gasteiger partial charge in [0, 0.05) is 0 Å². The number of carbonyl (C=O) groups is 1. The third kappa shape index (κ3) is 2.36. The average Bonchev–Trinajstić information content (AvgIpc) is 2.79. The lowest BCUT2D eigenvalue weighted by Crippen LogP contribution is -2.55. The maximum Gasteiger partial charge on any atom is 0.306 e. The molecule has 3 N–H and O–H groups in total. The molecule has 0 aromatic rings. The lowest BCUT2D eigenvalue weighted by atomic mass is 9.47. The van der Waals surface area contributed by atoms with Gasteiger partial charge in [0.15, 0.2) is 0 Å². The quantitative estimate of drug-likeness (QED) is 0.667. The standard InChI is InChI=1S/C21H32O4/c1-19-8-5-14(22)11-13(19)3-4-15-16(19)6-9-20(2)17(15)7-10-21(20,25)12-18(23)24/h3,14-17,22,25H,4-12H2,1-2H3,(H,23,24)/t14-,15-,16+,17+,19+,20+,21-/m1/s1. The summed E-state index contributed by atoms with van der Waals surface area (Å²) >= 11 is 0. The highest BCUT2D eigenvalue weighted by atomic mass is 16.4. The highest BCUT2D eigenvalue weighted by Gasteiger charge is 2.63. The van der Waals surface area contributed by atoms with E-state index >= 15 is 0 Å². The van der Waals surface area contributed by atoms with Crippen molar-refractivity contribution in [2.75, 3.05) is 0 Å². The number of carboxylic acid groups (broad SMARTS) is 1. The average molecular weight is 348 g/mol. The van der Waals surface area contributed by atoms with Gasteiger partial charge in [-0.15, -0.1) is 0 Å². The zero-order valence-electron chi connectivity index (χ0n) is 15.5. The minimum absolute atomic E-state index is 0.123. The van der Waals surface area contributed by atoms with Crippen LogP contribution in [0.5, 0.6) is 0 Å². The molecule has 0 radical (unpaired) electrons. The molecule has 0 heterocycles. The second-order valence-corrected chi connectivity index (χ2v) is 9.75. The van der Waals surface area contributed by atoms with E-state index in [0.29, 0.717) is 24.2 Å². The van der Waals surface area contributed by atoms with E-state index in [1.54, 1.807) is 0 Å². The fraction of sp³-hybridized carbons (Fsp3) is 0.857. The second-order valence-electron chi connectivity index (χ2n) is 9.75. The topological polar surface area (TPSA) is 77.8 Å². The summed E-state index contributed by atoms with van der Waals surface area (Å²) in [5, 5.41) is 30.6. The number of carboxylic acids is 1. The number of hydrogen-bond acceptors (Lipinski definition) is 3. The van der Waals surface area contributed by atoms with Crippen LogP contribution in [0.4, 0.5) is 0 Å². The van der Waals surface area contributed by atoms with Crippen LogP contribution in [0.25, 0.3) is 0 Å². The van der Waals surface area contributed by atoms with Crippen molar-refractivity contribution < 1.29 is 20.1 Å². The minimum Gasteiger partial charge on any atom is -0.481 e. The van der Waals surface area contributed by atoms with Crippen LogP contribution >= 0.6 is 0 Å². The van der Waals surface area contributed by atoms with Crippen molar-refractivity contribution in [3.8, 4) is 0 Å². The molecule has 4 nitrogen and oxygen atoms in total. The Hall–Kier alpha value is -0.870. The molecule has 0 spiro atoms. The molecule has 0 bridgehead atoms. The highest BCUT2D eigenvalue weighted by molar-refractivity contribution is 5.68. The number of aliphatic carboxylic acids is 1. The van der Waals surface area contributed by atoms with Crippen LogP contribution in [-0.2, 0) is 4.79 Å². The summed E-state index contributed by atoms with van der Waals surface area (Å²) < 4.78 is 0. The van der Waals surface area contributed by atoms with Gasteiger partial charge in [0.25, 0.3) is 0 Å². The van der Waals surface area contributed by atoms with Gasteiger partial charge in [0.1, 0.15) is 0 Å². The van der Waals surface area contributed by atoms with Crippen molar-refractivity contribution in [2.24, 2.45) is 28.6 Å². The molecule has 4 rings (SSSR count). The van der Waals surface area contributed by atoms with E-state index in [1.165, 1.54) is 5.57 Å². The van der Waals surface area contributed by atoms with E-state index in [4.69, 9.17) is 0 Å². The maximum atomic E-state index is 11.3. The summed E-state index contributed by atoms with van der Waals surface area (Å²) in [6.07, 6.45) is 9.45. The Kier molecular flexibility index (Phi) is 3.90. The molecular formula is C21H32O4. The third-order valence-corrected chi connectivity index (χ3v) is 8.84. The monoisotopic (exact) mass is 348 g/mol. The van der Waals surface area contributed by atoms with Crippen molar-refractivity contribution in [3.63, 3.8) is 0 Å². The Labute approximate surface area is 150 Å². The van der Waals surface area contributed by atoms with Crippen LogP contribution in [0.2, 0.25) is 0 Å². The molecule has 4 aliphatic rings. The fourth-order valence-electron chi connectivity index (χ4n) is 7.29. The Morgan fingerprint density at radius 2 is 1.88 bits per heavy atom. The highest BCUT2D eigenvalue weighted by Crippen LogP contribution is 2.67. The molecule has 0 unspecified atom stereocenters. The molecule has 3 saturated carbocycles. The van der Waals surface area contributed by atoms with E-state index in [9.17, 15) is 20.1 Å². The minimum atomic E-state index is -1.05. The van der Waals surface area contributed by atoms with Gasteiger partial charge < -0.3 is 15.3 Å². The van der Waals surface area contributed by atoms with Crippen LogP contribution in [0.3, 0.4) is 0 Å². The van der Waals surface area contributed by atoms with E-state index < -0.39 is 11.6 Å². The van der Waals surface area contributed by atoms with Gasteiger partial charge in [0.05, 0.1) is 18.1 Å². The summed E-state index contributed by atoms with van der Waals surface area (Å²) in [5.41, 5.74) is 0.316. The van der Waals surface area contributed by atoms with Crippen LogP contribution in [0.15, 0.2) is 11.6 Å². The molecule has 7 atom stereocenters. The normalized spacial score (nSPS) is 51.9. The third-order valence-electron chi connectivity index (χ3n) is 8.84. The molecular weight excluding hydrogens is 316 g/mol. The molecule has 140 valence electrons. The first kappa shape index (κ1) is 17.5. The first-order valence-corrected chi connectivity index (χ1v) is 10.0. The van der Waals surface area contributed by atoms with E-state index in [0.717, 1.165) is 44.9 Å². The molecule has 0 aromatic heterocycles. The Morgan fingerprint density at radius 3 is 2.60 bits per heavy atom. The summed E-state index contributed by atoms with van der Waals surface area (Å²) in [6.45, 7) is 4.54. The van der Waals surface area contributed by atoms with E-state index in [-0.39, 0.29) is 23.4 Å². The van der Waals surface area contributed by atoms with Crippen molar-refractivity contribution in [3.05, 3.63) is 11.6 Å². The van der Waals surface area contributed by atoms with Gasteiger partial charge in [-0.3, -0.25) is 4.79 Å². The fourth-order valence-corrected chi connectivity index (χ4v) is 7.29. The summed E-state index contributed by atoms with van der Waals surface area (Å²) in [5.74, 6) is 0.693. The smallest absolute Gasteiger partial charge is 0.306 e. The lowest BCUT2D eigenvalue weighted by Gasteiger charge is -2.59. The molecule has 4 heteroatoms. The van der Waals surface area contributed by atoms with E-state index in [2.05, 4.69) is 19.9 Å². The van der Waals surface area contributed by atoms with Crippen LogP contribution < -0.4 is 0 Å². The van der Waals surface area contributed by atoms with Gasteiger partial charge >= 0.3 is 5.97 Å². The van der Waals surface area contributed by atoms with Gasteiger partial charge in [-0.1, -0.05) is 25.5 Å². The molecule has 3 fully saturated rings. The van der Waals surface area contributed by atoms with Gasteiger partial charge in [-0.2, -0.15) is 0 Å². The Morgan fingerprint density at radius 1 is 1.16 bits per heavy atom. The molecule has 0 saturated heterocycles. The summed E-state index contributed by atoms with van der Waals surface area (Å²) in [6, 6.07) is 0. The number of aliphatic hydroxyl groups excluding tert-OH is 1. The number of fused-ring (bicyclic) bond motifs is 5. The van der Waals surface area contributed by atoms with Gasteiger partial charge in [0.2, 0.25) is 0 Å². The van der Waals surface area contributed by atoms with Crippen LogP contribution in [0.1, 0.15) is 71.6 Å². The second kappa shape index (κ2) is 5.56. The first-order chi connectivity index (χ1) is 11.7. The Balaban J connectivity index is 1.65. The lowest BCUT2D eigenvalue weighted by molar-refractivity contribution is -0.157. The van der Waals surface area contributed by atoms with Crippen LogP contribution in [0, 0.1) is 28.6 Å². The largest absolute Gasteiger partial charge is 0.481 e. The van der Waals surface area contributed by atoms with Crippen LogP contribution in [-0.4, -0.2) is 33.0 Å². The predicted molar refractivity (Wildman–Crippen MR) is 94.9 cm³/mol. The van der Waals surface area contributed by atoms with Gasteiger partial charge in [-0.25, -0.2) is 0 Å². The van der Waals surface area contributed by atoms with Crippen molar-refractivity contribution in [2.45, 2.75) is 83.3 Å². The molecule has 25 heavy (non-hydrogen) atoms. The zero-order valence-corrected chi connectivity index (χ0v) is 15.5. The maximum absolute atomic E-state index is 11.3. The van der Waals surface area contributed by atoms with E-state index in [1.807, 2.05) is 0 Å². The zero-order chi connectivity index (χ0) is 18.0. The number of allylic oxidation sites excluding steroid dienone is 1. The van der Waals surface area contributed by atoms with Crippen molar-refractivity contribution in [1.29, 1.82) is 0 Å². The predicted octanol–water partition coefficient (Wildman–Crippen LogP) is 3.52. The van der Waals surface area contributed by atoms with Crippen molar-refractivity contribution in [1.82, 2.24) is 0 Å². The summed E-state index contributed by atoms with van der Waals surface area (Å²) in [7, 11) is 0. The van der Waals surface area contributed by atoms with Crippen molar-refractivity contribution >= 4 is 5.97 Å². The summed E-state index contributed by atoms with van der Waals surface area (Å²) in [4.78, 5) is 11.3. The molecule has 4 aliphatic carbocycles. The Bertz CT molecular complexity index is 613.